The normalized spacial score (nSPS) is 20.5. The zero-order valence-electron chi connectivity index (χ0n) is 10.8. The van der Waals surface area contributed by atoms with Gasteiger partial charge in [0.25, 0.3) is 5.92 Å². The van der Waals surface area contributed by atoms with Gasteiger partial charge in [-0.05, 0) is 19.4 Å². The summed E-state index contributed by atoms with van der Waals surface area (Å²) in [5, 5.41) is 0. The molecule has 0 spiro atoms. The summed E-state index contributed by atoms with van der Waals surface area (Å²) >= 11 is 0. The van der Waals surface area contributed by atoms with Gasteiger partial charge in [0, 0.05) is 5.56 Å². The van der Waals surface area contributed by atoms with E-state index in [1.165, 1.54) is 24.1 Å². The molecular weight excluding hydrogens is 252 g/mol. The maximum atomic E-state index is 14.2. The monoisotopic (exact) mass is 269 g/mol. The molecule has 1 fully saturated rings. The molecule has 0 aliphatic carbocycles. The van der Waals surface area contributed by atoms with Crippen LogP contribution in [0.1, 0.15) is 18.4 Å². The molecule has 1 atom stereocenters. The molecule has 1 unspecified atom stereocenters. The number of ether oxygens (including phenoxy) is 1. The first-order valence-corrected chi connectivity index (χ1v) is 6.30. The lowest BCUT2D eigenvalue weighted by Gasteiger charge is -2.27. The number of rotatable bonds is 4. The van der Waals surface area contributed by atoms with Crippen molar-refractivity contribution in [2.45, 2.75) is 24.8 Å². The topological polar surface area (TPSA) is 29.5 Å². The molecule has 1 saturated heterocycles. The minimum absolute atomic E-state index is 0.0227. The van der Waals surface area contributed by atoms with Crippen LogP contribution in [0, 0.1) is 0 Å². The molecule has 0 aromatic heterocycles. The van der Waals surface area contributed by atoms with Crippen LogP contribution in [-0.4, -0.2) is 37.1 Å². The smallest absolute Gasteiger partial charge is 0.323 e. The molecule has 0 radical (unpaired) electrons. The summed E-state index contributed by atoms with van der Waals surface area (Å²) in [5.41, 5.74) is -0.0227. The van der Waals surface area contributed by atoms with Gasteiger partial charge in [-0.3, -0.25) is 9.69 Å². The van der Waals surface area contributed by atoms with Gasteiger partial charge in [0.1, 0.15) is 6.04 Å². The standard InChI is InChI=1S/C14H17F2NO2/c1-19-13(18)12-8-5-9-17(12)10-14(15,16)11-6-3-2-4-7-11/h2-4,6-7,12H,5,8-10H2,1H3. The van der Waals surface area contributed by atoms with Crippen LogP contribution in [0.15, 0.2) is 30.3 Å². The molecular formula is C14H17F2NO2. The summed E-state index contributed by atoms with van der Waals surface area (Å²) in [7, 11) is 1.29. The van der Waals surface area contributed by atoms with E-state index in [4.69, 9.17) is 0 Å². The van der Waals surface area contributed by atoms with Crippen LogP contribution < -0.4 is 0 Å². The lowest BCUT2D eigenvalue weighted by molar-refractivity contribution is -0.147. The number of benzene rings is 1. The Bertz CT molecular complexity index is 436. The highest BCUT2D eigenvalue weighted by Crippen LogP contribution is 2.31. The number of halogens is 2. The highest BCUT2D eigenvalue weighted by molar-refractivity contribution is 5.76. The van der Waals surface area contributed by atoms with Gasteiger partial charge in [-0.25, -0.2) is 0 Å². The van der Waals surface area contributed by atoms with Crippen molar-refractivity contribution in [1.29, 1.82) is 0 Å². The molecule has 1 heterocycles. The van der Waals surface area contributed by atoms with Crippen molar-refractivity contribution in [3.63, 3.8) is 0 Å². The van der Waals surface area contributed by atoms with Crippen LogP contribution in [0.4, 0.5) is 8.78 Å². The second-order valence-corrected chi connectivity index (χ2v) is 4.72. The van der Waals surface area contributed by atoms with Gasteiger partial charge in [-0.1, -0.05) is 30.3 Å². The van der Waals surface area contributed by atoms with Crippen molar-refractivity contribution in [2.75, 3.05) is 20.2 Å². The van der Waals surface area contributed by atoms with Crippen molar-refractivity contribution in [1.82, 2.24) is 4.90 Å². The minimum Gasteiger partial charge on any atom is -0.468 e. The second kappa shape index (κ2) is 5.65. The molecule has 1 aliphatic heterocycles. The van der Waals surface area contributed by atoms with E-state index >= 15 is 0 Å². The van der Waals surface area contributed by atoms with Gasteiger partial charge in [-0.15, -0.1) is 0 Å². The molecule has 0 amide bonds. The summed E-state index contributed by atoms with van der Waals surface area (Å²) in [5.74, 6) is -3.39. The molecule has 0 N–H and O–H groups in total. The van der Waals surface area contributed by atoms with Gasteiger partial charge in [-0.2, -0.15) is 8.78 Å². The number of nitrogens with zero attached hydrogens (tertiary/aromatic N) is 1. The van der Waals surface area contributed by atoms with Crippen molar-refractivity contribution < 1.29 is 18.3 Å². The highest BCUT2D eigenvalue weighted by Gasteiger charge is 2.40. The van der Waals surface area contributed by atoms with Gasteiger partial charge in [0.15, 0.2) is 0 Å². The van der Waals surface area contributed by atoms with Crippen LogP contribution in [0.2, 0.25) is 0 Å². The molecule has 19 heavy (non-hydrogen) atoms. The molecule has 1 aliphatic rings. The van der Waals surface area contributed by atoms with Crippen molar-refractivity contribution in [3.05, 3.63) is 35.9 Å². The van der Waals surface area contributed by atoms with E-state index in [-0.39, 0.29) is 5.56 Å². The molecule has 0 saturated carbocycles. The van der Waals surface area contributed by atoms with Crippen LogP contribution in [0.5, 0.6) is 0 Å². The molecule has 3 nitrogen and oxygen atoms in total. The predicted octanol–water partition coefficient (Wildman–Crippen LogP) is 2.42. The Balaban J connectivity index is 2.09. The fourth-order valence-electron chi connectivity index (χ4n) is 2.45. The lowest BCUT2D eigenvalue weighted by Crippen LogP contribution is -2.42. The molecule has 5 heteroatoms. The fourth-order valence-corrected chi connectivity index (χ4v) is 2.45. The fraction of sp³-hybridized carbons (Fsp3) is 0.500. The van der Waals surface area contributed by atoms with E-state index in [1.807, 2.05) is 0 Å². The van der Waals surface area contributed by atoms with E-state index in [9.17, 15) is 13.6 Å². The maximum Gasteiger partial charge on any atom is 0.323 e. The van der Waals surface area contributed by atoms with Crippen molar-refractivity contribution >= 4 is 5.97 Å². The predicted molar refractivity (Wildman–Crippen MR) is 66.9 cm³/mol. The van der Waals surface area contributed by atoms with E-state index in [2.05, 4.69) is 4.74 Å². The largest absolute Gasteiger partial charge is 0.468 e. The summed E-state index contributed by atoms with van der Waals surface area (Å²) in [6, 6.07) is 7.15. The SMILES string of the molecule is COC(=O)C1CCCN1CC(F)(F)c1ccccc1. The average Bonchev–Trinajstić information content (AvgIpc) is 2.86. The average molecular weight is 269 g/mol. The van der Waals surface area contributed by atoms with Crippen molar-refractivity contribution in [2.24, 2.45) is 0 Å². The highest BCUT2D eigenvalue weighted by atomic mass is 19.3. The Morgan fingerprint density at radius 3 is 2.74 bits per heavy atom. The summed E-state index contributed by atoms with van der Waals surface area (Å²) in [4.78, 5) is 13.1. The third kappa shape index (κ3) is 3.10. The first kappa shape index (κ1) is 13.9. The molecule has 0 bridgehead atoms. The number of alkyl halides is 2. The number of hydrogen-bond acceptors (Lipinski definition) is 3. The van der Waals surface area contributed by atoms with E-state index in [0.29, 0.717) is 13.0 Å². The Morgan fingerprint density at radius 1 is 1.42 bits per heavy atom. The Hall–Kier alpha value is -1.49. The molecule has 104 valence electrons. The van der Waals surface area contributed by atoms with Crippen LogP contribution in [0.25, 0.3) is 0 Å². The van der Waals surface area contributed by atoms with E-state index in [1.54, 1.807) is 18.2 Å². The Kier molecular flexibility index (Phi) is 4.14. The molecule has 1 aromatic carbocycles. The second-order valence-electron chi connectivity index (χ2n) is 4.72. The van der Waals surface area contributed by atoms with Gasteiger partial charge >= 0.3 is 5.97 Å². The minimum atomic E-state index is -2.96. The maximum absolute atomic E-state index is 14.2. The quantitative estimate of drug-likeness (QED) is 0.786. The van der Waals surface area contributed by atoms with Gasteiger partial charge in [0.05, 0.1) is 13.7 Å². The summed E-state index contributed by atoms with van der Waals surface area (Å²) < 4.78 is 33.0. The summed E-state index contributed by atoms with van der Waals surface area (Å²) in [6.45, 7) is 0.0545. The van der Waals surface area contributed by atoms with Crippen LogP contribution in [-0.2, 0) is 15.5 Å². The third-order valence-corrected chi connectivity index (χ3v) is 3.43. The molecule has 2 rings (SSSR count). The lowest BCUT2D eigenvalue weighted by atomic mass is 10.1. The van der Waals surface area contributed by atoms with E-state index < -0.39 is 24.5 Å². The van der Waals surface area contributed by atoms with E-state index in [0.717, 1.165) is 6.42 Å². The number of methoxy groups -OCH3 is 1. The van der Waals surface area contributed by atoms with Crippen LogP contribution >= 0.6 is 0 Å². The number of likely N-dealkylation sites (tertiary alicyclic amines) is 1. The zero-order valence-corrected chi connectivity index (χ0v) is 10.8. The first-order valence-electron chi connectivity index (χ1n) is 6.30. The number of carbonyl (C=O) groups is 1. The van der Waals surface area contributed by atoms with Crippen molar-refractivity contribution in [3.8, 4) is 0 Å². The number of hydrogen-bond donors (Lipinski definition) is 0. The van der Waals surface area contributed by atoms with Gasteiger partial charge in [0.2, 0.25) is 0 Å². The number of carbonyl (C=O) groups excluding carboxylic acids is 1. The molecule has 1 aromatic rings. The Morgan fingerprint density at radius 2 is 2.11 bits per heavy atom. The zero-order chi connectivity index (χ0) is 13.9. The first-order chi connectivity index (χ1) is 9.04. The van der Waals surface area contributed by atoms with Crippen LogP contribution in [0.3, 0.4) is 0 Å². The van der Waals surface area contributed by atoms with Gasteiger partial charge < -0.3 is 4.74 Å². The number of esters is 1. The Labute approximate surface area is 111 Å². The summed E-state index contributed by atoms with van der Waals surface area (Å²) in [6.07, 6.45) is 1.32. The third-order valence-electron chi connectivity index (χ3n) is 3.43.